The predicted octanol–water partition coefficient (Wildman–Crippen LogP) is 4.24. The topological polar surface area (TPSA) is 35.2 Å². The number of rotatable bonds is 6. The van der Waals surface area contributed by atoms with Crippen molar-refractivity contribution in [2.45, 2.75) is 38.8 Å². The van der Waals surface area contributed by atoms with Crippen molar-refractivity contribution >= 4 is 0 Å². The van der Waals surface area contributed by atoms with Gasteiger partial charge in [0.05, 0.1) is 0 Å². The number of benzene rings is 2. The van der Waals surface area contributed by atoms with Crippen molar-refractivity contribution in [3.05, 3.63) is 65.7 Å². The molecule has 0 saturated heterocycles. The minimum Gasteiger partial charge on any atom is -0.489 e. The number of hydrogen-bond acceptors (Lipinski definition) is 2. The first kappa shape index (κ1) is 14.6. The SMILES string of the molecule is CCC(N)(CC)c1ccccc1OCc1ccccc1. The fraction of sp³-hybridized carbons (Fsp3) is 0.333. The van der Waals surface area contributed by atoms with E-state index in [1.807, 2.05) is 36.4 Å². The van der Waals surface area contributed by atoms with E-state index in [0.717, 1.165) is 29.7 Å². The van der Waals surface area contributed by atoms with Crippen LogP contribution in [0.3, 0.4) is 0 Å². The molecule has 2 N–H and O–H groups in total. The van der Waals surface area contributed by atoms with Gasteiger partial charge in [0, 0.05) is 11.1 Å². The molecule has 0 bridgehead atoms. The van der Waals surface area contributed by atoms with E-state index >= 15 is 0 Å². The molecule has 0 radical (unpaired) electrons. The Labute approximate surface area is 121 Å². The molecule has 2 rings (SSSR count). The monoisotopic (exact) mass is 269 g/mol. The molecule has 0 aliphatic heterocycles. The highest BCUT2D eigenvalue weighted by molar-refractivity contribution is 5.39. The van der Waals surface area contributed by atoms with Gasteiger partial charge in [-0.1, -0.05) is 62.4 Å². The molecular weight excluding hydrogens is 246 g/mol. The number of para-hydroxylation sites is 1. The lowest BCUT2D eigenvalue weighted by atomic mass is 9.85. The van der Waals surface area contributed by atoms with Gasteiger partial charge in [0.15, 0.2) is 0 Å². The van der Waals surface area contributed by atoms with Gasteiger partial charge in [-0.15, -0.1) is 0 Å². The zero-order valence-corrected chi connectivity index (χ0v) is 12.3. The van der Waals surface area contributed by atoms with Crippen LogP contribution >= 0.6 is 0 Å². The Bertz CT molecular complexity index is 532. The summed E-state index contributed by atoms with van der Waals surface area (Å²) in [5, 5.41) is 0. The van der Waals surface area contributed by atoms with Crippen LogP contribution < -0.4 is 10.5 Å². The van der Waals surface area contributed by atoms with Crippen molar-refractivity contribution in [1.29, 1.82) is 0 Å². The summed E-state index contributed by atoms with van der Waals surface area (Å²) >= 11 is 0. The molecule has 20 heavy (non-hydrogen) atoms. The summed E-state index contributed by atoms with van der Waals surface area (Å²) in [6, 6.07) is 18.3. The van der Waals surface area contributed by atoms with Crippen LogP contribution in [0.4, 0.5) is 0 Å². The van der Waals surface area contributed by atoms with Crippen LogP contribution in [0.5, 0.6) is 5.75 Å². The zero-order chi connectivity index (χ0) is 14.4. The molecule has 2 nitrogen and oxygen atoms in total. The molecule has 0 saturated carbocycles. The predicted molar refractivity (Wildman–Crippen MR) is 83.7 cm³/mol. The Hall–Kier alpha value is -1.80. The lowest BCUT2D eigenvalue weighted by Gasteiger charge is -2.29. The molecule has 0 fully saturated rings. The number of nitrogens with two attached hydrogens (primary N) is 1. The molecule has 106 valence electrons. The standard InChI is InChI=1S/C18H23NO/c1-3-18(19,4-2)16-12-8-9-13-17(16)20-14-15-10-6-5-7-11-15/h5-13H,3-4,14,19H2,1-2H3. The Morgan fingerprint density at radius 1 is 0.900 bits per heavy atom. The average Bonchev–Trinajstić information content (AvgIpc) is 2.53. The fourth-order valence-electron chi connectivity index (χ4n) is 2.37. The molecule has 0 aromatic heterocycles. The molecule has 0 unspecified atom stereocenters. The molecular formula is C18H23NO. The molecule has 0 spiro atoms. The third-order valence-electron chi connectivity index (χ3n) is 3.92. The van der Waals surface area contributed by atoms with Crippen LogP contribution in [0.1, 0.15) is 37.8 Å². The van der Waals surface area contributed by atoms with Gasteiger partial charge in [0.1, 0.15) is 12.4 Å². The maximum absolute atomic E-state index is 6.51. The summed E-state index contributed by atoms with van der Waals surface area (Å²) in [5.41, 5.74) is 8.46. The highest BCUT2D eigenvalue weighted by Crippen LogP contribution is 2.33. The third-order valence-corrected chi connectivity index (χ3v) is 3.92. The maximum Gasteiger partial charge on any atom is 0.124 e. The molecule has 0 aliphatic rings. The molecule has 0 heterocycles. The van der Waals surface area contributed by atoms with Crippen molar-refractivity contribution in [2.75, 3.05) is 0 Å². The van der Waals surface area contributed by atoms with E-state index in [-0.39, 0.29) is 5.54 Å². The molecule has 2 aromatic carbocycles. The minimum absolute atomic E-state index is 0.312. The first-order valence-electron chi connectivity index (χ1n) is 7.24. The van der Waals surface area contributed by atoms with Crippen molar-refractivity contribution < 1.29 is 4.74 Å². The van der Waals surface area contributed by atoms with Crippen LogP contribution in [0.25, 0.3) is 0 Å². The van der Waals surface area contributed by atoms with E-state index in [1.54, 1.807) is 0 Å². The summed E-state index contributed by atoms with van der Waals surface area (Å²) in [7, 11) is 0. The van der Waals surface area contributed by atoms with Crippen LogP contribution in [0.15, 0.2) is 54.6 Å². The summed E-state index contributed by atoms with van der Waals surface area (Å²) in [6.07, 6.45) is 1.80. The van der Waals surface area contributed by atoms with Crippen LogP contribution in [-0.2, 0) is 12.1 Å². The highest BCUT2D eigenvalue weighted by atomic mass is 16.5. The van der Waals surface area contributed by atoms with E-state index in [0.29, 0.717) is 6.61 Å². The van der Waals surface area contributed by atoms with Crippen molar-refractivity contribution in [3.8, 4) is 5.75 Å². The van der Waals surface area contributed by atoms with Crippen LogP contribution in [0, 0.1) is 0 Å². The van der Waals surface area contributed by atoms with Gasteiger partial charge in [-0.2, -0.15) is 0 Å². The quantitative estimate of drug-likeness (QED) is 0.851. The number of ether oxygens (including phenoxy) is 1. The second-order valence-corrected chi connectivity index (χ2v) is 5.13. The average molecular weight is 269 g/mol. The largest absolute Gasteiger partial charge is 0.489 e. The van der Waals surface area contributed by atoms with Gasteiger partial charge < -0.3 is 10.5 Å². The number of hydrogen-bond donors (Lipinski definition) is 1. The normalized spacial score (nSPS) is 11.3. The minimum atomic E-state index is -0.312. The first-order chi connectivity index (χ1) is 9.69. The Kier molecular flexibility index (Phi) is 4.80. The van der Waals surface area contributed by atoms with Gasteiger partial charge in [0.2, 0.25) is 0 Å². The fourth-order valence-corrected chi connectivity index (χ4v) is 2.37. The summed E-state index contributed by atoms with van der Waals surface area (Å²) in [5.74, 6) is 0.891. The van der Waals surface area contributed by atoms with Gasteiger partial charge >= 0.3 is 0 Å². The second-order valence-electron chi connectivity index (χ2n) is 5.13. The van der Waals surface area contributed by atoms with Gasteiger partial charge in [-0.05, 0) is 24.5 Å². The first-order valence-corrected chi connectivity index (χ1v) is 7.24. The van der Waals surface area contributed by atoms with E-state index in [9.17, 15) is 0 Å². The van der Waals surface area contributed by atoms with E-state index in [2.05, 4.69) is 32.0 Å². The van der Waals surface area contributed by atoms with Crippen molar-refractivity contribution in [1.82, 2.24) is 0 Å². The van der Waals surface area contributed by atoms with Gasteiger partial charge in [-0.25, -0.2) is 0 Å². The molecule has 0 atom stereocenters. The Morgan fingerprint density at radius 3 is 2.15 bits per heavy atom. The summed E-state index contributed by atoms with van der Waals surface area (Å²) < 4.78 is 5.99. The smallest absolute Gasteiger partial charge is 0.124 e. The van der Waals surface area contributed by atoms with Crippen LogP contribution in [0.2, 0.25) is 0 Å². The van der Waals surface area contributed by atoms with Gasteiger partial charge in [0.25, 0.3) is 0 Å². The lowest BCUT2D eigenvalue weighted by molar-refractivity contribution is 0.289. The Morgan fingerprint density at radius 2 is 1.50 bits per heavy atom. The lowest BCUT2D eigenvalue weighted by Crippen LogP contribution is -2.35. The van der Waals surface area contributed by atoms with Gasteiger partial charge in [-0.3, -0.25) is 0 Å². The second kappa shape index (κ2) is 6.58. The molecule has 0 amide bonds. The molecule has 2 heteroatoms. The van der Waals surface area contributed by atoms with Crippen molar-refractivity contribution in [2.24, 2.45) is 5.73 Å². The summed E-state index contributed by atoms with van der Waals surface area (Å²) in [6.45, 7) is 4.82. The van der Waals surface area contributed by atoms with Crippen molar-refractivity contribution in [3.63, 3.8) is 0 Å². The van der Waals surface area contributed by atoms with E-state index in [1.165, 1.54) is 0 Å². The maximum atomic E-state index is 6.51. The van der Waals surface area contributed by atoms with E-state index < -0.39 is 0 Å². The van der Waals surface area contributed by atoms with E-state index in [4.69, 9.17) is 10.5 Å². The highest BCUT2D eigenvalue weighted by Gasteiger charge is 2.26. The van der Waals surface area contributed by atoms with Crippen LogP contribution in [-0.4, -0.2) is 0 Å². The summed E-state index contributed by atoms with van der Waals surface area (Å²) in [4.78, 5) is 0. The Balaban J connectivity index is 2.20. The zero-order valence-electron chi connectivity index (χ0n) is 12.3. The molecule has 0 aliphatic carbocycles. The molecule has 2 aromatic rings. The third kappa shape index (κ3) is 3.20.